The van der Waals surface area contributed by atoms with E-state index in [2.05, 4.69) is 37.6 Å². The molecule has 0 aliphatic carbocycles. The number of aromatic nitrogens is 2. The van der Waals surface area contributed by atoms with Gasteiger partial charge in [-0.2, -0.15) is 4.98 Å². The Hall–Kier alpha value is -3.07. The number of rotatable bonds is 4. The lowest BCUT2D eigenvalue weighted by Crippen LogP contribution is -2.46. The summed E-state index contributed by atoms with van der Waals surface area (Å²) in [5.41, 5.74) is 3.01. The number of fused-ring (bicyclic) bond motifs is 2. The van der Waals surface area contributed by atoms with Crippen molar-refractivity contribution in [3.8, 4) is 0 Å². The average molecular weight is 510 g/mol. The summed E-state index contributed by atoms with van der Waals surface area (Å²) in [5.74, 6) is 2.25. The van der Waals surface area contributed by atoms with Crippen molar-refractivity contribution in [3.63, 3.8) is 0 Å². The zero-order valence-electron chi connectivity index (χ0n) is 19.2. The monoisotopic (exact) mass is 509 g/mol. The third-order valence-corrected chi connectivity index (χ3v) is 7.65. The maximum absolute atomic E-state index is 13.2. The van der Waals surface area contributed by atoms with Crippen molar-refractivity contribution in [1.29, 1.82) is 0 Å². The van der Waals surface area contributed by atoms with Crippen LogP contribution in [-0.4, -0.2) is 55.8 Å². The lowest BCUT2D eigenvalue weighted by Gasteiger charge is -2.35. The van der Waals surface area contributed by atoms with Gasteiger partial charge in [-0.3, -0.25) is 9.69 Å². The van der Waals surface area contributed by atoms with Crippen LogP contribution in [0.1, 0.15) is 10.4 Å². The summed E-state index contributed by atoms with van der Waals surface area (Å²) in [6, 6.07) is 13.5. The zero-order valence-corrected chi connectivity index (χ0v) is 20.7. The predicted molar refractivity (Wildman–Crippen MR) is 140 cm³/mol. The molecule has 10 heteroatoms. The van der Waals surface area contributed by atoms with E-state index in [1.165, 1.54) is 5.69 Å². The SMILES string of the molecule is CN1CN(c2c(Cl)cccc2Cl)C(=O)c2cnc(Nc3ccc(N4CC5CNCC5C4)cc3)nc21. The van der Waals surface area contributed by atoms with Gasteiger partial charge in [-0.05, 0) is 48.2 Å². The number of anilines is 5. The van der Waals surface area contributed by atoms with Crippen LogP contribution in [0.15, 0.2) is 48.7 Å². The van der Waals surface area contributed by atoms with E-state index in [-0.39, 0.29) is 12.6 Å². The molecule has 2 atom stereocenters. The minimum atomic E-state index is -0.241. The van der Waals surface area contributed by atoms with E-state index in [0.29, 0.717) is 33.1 Å². The first kappa shape index (κ1) is 22.4. The second-order valence-corrected chi connectivity index (χ2v) is 10.1. The number of amides is 1. The molecule has 2 aromatic carbocycles. The van der Waals surface area contributed by atoms with E-state index in [4.69, 9.17) is 23.2 Å². The number of benzene rings is 2. The standard InChI is InChI=1S/C25H25Cl2N7O/c1-32-14-34(22-20(26)3-2-4-21(22)27)24(35)19-11-29-25(31-23(19)32)30-17-5-7-18(8-6-17)33-12-15-9-28-10-16(15)13-33/h2-8,11,15-16,28H,9-10,12-14H2,1H3,(H,29,30,31). The molecule has 1 aromatic heterocycles. The summed E-state index contributed by atoms with van der Waals surface area (Å²) >= 11 is 12.7. The lowest BCUT2D eigenvalue weighted by molar-refractivity contribution is 0.0982. The van der Waals surface area contributed by atoms with Crippen LogP contribution in [0.2, 0.25) is 10.0 Å². The van der Waals surface area contributed by atoms with Crippen molar-refractivity contribution in [2.75, 3.05) is 59.9 Å². The maximum Gasteiger partial charge on any atom is 0.265 e. The number of carbonyl (C=O) groups is 1. The Labute approximate surface area is 213 Å². The summed E-state index contributed by atoms with van der Waals surface area (Å²) < 4.78 is 0. The largest absolute Gasteiger partial charge is 0.371 e. The Morgan fingerprint density at radius 3 is 2.40 bits per heavy atom. The summed E-state index contributed by atoms with van der Waals surface area (Å²) in [7, 11) is 1.87. The molecular weight excluding hydrogens is 485 g/mol. The molecule has 35 heavy (non-hydrogen) atoms. The molecule has 2 fully saturated rings. The van der Waals surface area contributed by atoms with Crippen LogP contribution in [-0.2, 0) is 0 Å². The minimum Gasteiger partial charge on any atom is -0.371 e. The van der Waals surface area contributed by atoms with Crippen LogP contribution in [0.25, 0.3) is 0 Å². The van der Waals surface area contributed by atoms with E-state index in [0.717, 1.165) is 43.7 Å². The fourth-order valence-corrected chi connectivity index (χ4v) is 5.84. The van der Waals surface area contributed by atoms with Crippen molar-refractivity contribution in [2.24, 2.45) is 11.8 Å². The third kappa shape index (κ3) is 4.05. The van der Waals surface area contributed by atoms with Crippen LogP contribution in [0.5, 0.6) is 0 Å². The van der Waals surface area contributed by atoms with Gasteiger partial charge in [0, 0.05) is 50.8 Å². The van der Waals surface area contributed by atoms with E-state index < -0.39 is 0 Å². The molecule has 2 unspecified atom stereocenters. The molecule has 0 saturated carbocycles. The molecule has 0 spiro atoms. The first-order valence-electron chi connectivity index (χ1n) is 11.6. The third-order valence-electron chi connectivity index (χ3n) is 7.04. The van der Waals surface area contributed by atoms with Gasteiger partial charge >= 0.3 is 0 Å². The van der Waals surface area contributed by atoms with E-state index in [9.17, 15) is 4.79 Å². The molecule has 2 N–H and O–H groups in total. The highest BCUT2D eigenvalue weighted by Gasteiger charge is 2.36. The van der Waals surface area contributed by atoms with Crippen molar-refractivity contribution in [1.82, 2.24) is 15.3 Å². The number of hydrogen-bond donors (Lipinski definition) is 2. The van der Waals surface area contributed by atoms with Crippen molar-refractivity contribution < 1.29 is 4.79 Å². The first-order chi connectivity index (χ1) is 17.0. The molecule has 0 bridgehead atoms. The number of nitrogens with one attached hydrogen (secondary N) is 2. The summed E-state index contributed by atoms with van der Waals surface area (Å²) in [6.07, 6.45) is 1.55. The minimum absolute atomic E-state index is 0.241. The van der Waals surface area contributed by atoms with Gasteiger partial charge in [0.25, 0.3) is 5.91 Å². The second kappa shape index (κ2) is 8.86. The Balaban J connectivity index is 1.19. The Morgan fingerprint density at radius 2 is 1.71 bits per heavy atom. The van der Waals surface area contributed by atoms with Crippen molar-refractivity contribution in [3.05, 3.63) is 64.3 Å². The molecule has 3 aliphatic heterocycles. The highest BCUT2D eigenvalue weighted by Crippen LogP contribution is 2.37. The van der Waals surface area contributed by atoms with E-state index in [1.807, 2.05) is 24.1 Å². The van der Waals surface area contributed by atoms with Gasteiger partial charge in [0.05, 0.1) is 22.4 Å². The van der Waals surface area contributed by atoms with Gasteiger partial charge < -0.3 is 20.4 Å². The maximum atomic E-state index is 13.2. The molecular formula is C25H25Cl2N7O. The number of nitrogens with zero attached hydrogens (tertiary/aromatic N) is 5. The van der Waals surface area contributed by atoms with Crippen LogP contribution < -0.4 is 25.3 Å². The predicted octanol–water partition coefficient (Wildman–Crippen LogP) is 4.24. The zero-order chi connectivity index (χ0) is 24.1. The quantitative estimate of drug-likeness (QED) is 0.544. The normalized spacial score (nSPS) is 21.3. The smallest absolute Gasteiger partial charge is 0.265 e. The molecule has 1 amide bonds. The lowest BCUT2D eigenvalue weighted by atomic mass is 10.0. The number of halogens is 2. The van der Waals surface area contributed by atoms with Gasteiger partial charge in [0.1, 0.15) is 11.4 Å². The van der Waals surface area contributed by atoms with Crippen LogP contribution in [0.4, 0.5) is 28.8 Å². The Kier molecular flexibility index (Phi) is 5.67. The molecule has 3 aromatic rings. The highest BCUT2D eigenvalue weighted by atomic mass is 35.5. The Morgan fingerprint density at radius 1 is 1.03 bits per heavy atom. The van der Waals surface area contributed by atoms with Gasteiger partial charge in [-0.15, -0.1) is 0 Å². The van der Waals surface area contributed by atoms with Crippen LogP contribution in [0.3, 0.4) is 0 Å². The molecule has 4 heterocycles. The number of para-hydroxylation sites is 1. The van der Waals surface area contributed by atoms with Crippen LogP contribution >= 0.6 is 23.2 Å². The van der Waals surface area contributed by atoms with Crippen molar-refractivity contribution in [2.45, 2.75) is 0 Å². The molecule has 180 valence electrons. The fourth-order valence-electron chi connectivity index (χ4n) is 5.23. The average Bonchev–Trinajstić information content (AvgIpc) is 3.45. The summed E-state index contributed by atoms with van der Waals surface area (Å²) in [6.45, 7) is 4.73. The second-order valence-electron chi connectivity index (χ2n) is 9.33. The fraction of sp³-hybridized carbons (Fsp3) is 0.320. The number of hydrogen-bond acceptors (Lipinski definition) is 7. The molecule has 2 saturated heterocycles. The van der Waals surface area contributed by atoms with Crippen LogP contribution in [0, 0.1) is 11.8 Å². The first-order valence-corrected chi connectivity index (χ1v) is 12.4. The Bertz CT molecular complexity index is 1250. The molecule has 0 radical (unpaired) electrons. The number of carbonyl (C=O) groups excluding carboxylic acids is 1. The van der Waals surface area contributed by atoms with Gasteiger partial charge in [0.15, 0.2) is 0 Å². The highest BCUT2D eigenvalue weighted by molar-refractivity contribution is 6.40. The molecule has 3 aliphatic rings. The summed E-state index contributed by atoms with van der Waals surface area (Å²) in [4.78, 5) is 28.2. The van der Waals surface area contributed by atoms with Gasteiger partial charge in [0.2, 0.25) is 5.95 Å². The summed E-state index contributed by atoms with van der Waals surface area (Å²) in [5, 5.41) is 7.58. The topological polar surface area (TPSA) is 76.6 Å². The molecule has 8 nitrogen and oxygen atoms in total. The van der Waals surface area contributed by atoms with Crippen molar-refractivity contribution >= 4 is 57.9 Å². The van der Waals surface area contributed by atoms with E-state index >= 15 is 0 Å². The molecule has 6 rings (SSSR count). The van der Waals surface area contributed by atoms with Gasteiger partial charge in [-0.25, -0.2) is 4.98 Å². The van der Waals surface area contributed by atoms with Gasteiger partial charge in [-0.1, -0.05) is 29.3 Å². The van der Waals surface area contributed by atoms with E-state index in [1.54, 1.807) is 29.3 Å².